The van der Waals surface area contributed by atoms with E-state index in [4.69, 9.17) is 14.2 Å². The third kappa shape index (κ3) is 54.7. The van der Waals surface area contributed by atoms with Gasteiger partial charge < -0.3 is 14.2 Å². The van der Waals surface area contributed by atoms with Crippen LogP contribution in [0.4, 0.5) is 0 Å². The van der Waals surface area contributed by atoms with Gasteiger partial charge in [-0.25, -0.2) is 0 Å². The van der Waals surface area contributed by atoms with Gasteiger partial charge in [-0.05, 0) is 70.6 Å². The lowest BCUT2D eigenvalue weighted by molar-refractivity contribution is -0.167. The molecule has 0 aliphatic heterocycles. The zero-order valence-corrected chi connectivity index (χ0v) is 45.2. The largest absolute Gasteiger partial charge is 0.462 e. The van der Waals surface area contributed by atoms with Gasteiger partial charge in [-0.15, -0.1) is 0 Å². The van der Waals surface area contributed by atoms with Crippen LogP contribution in [0.5, 0.6) is 0 Å². The van der Waals surface area contributed by atoms with Crippen LogP contribution >= 0.6 is 0 Å². The summed E-state index contributed by atoms with van der Waals surface area (Å²) in [5.41, 5.74) is 0. The van der Waals surface area contributed by atoms with Gasteiger partial charge in [0.1, 0.15) is 13.2 Å². The van der Waals surface area contributed by atoms with Crippen LogP contribution < -0.4 is 0 Å². The van der Waals surface area contributed by atoms with Crippen LogP contribution in [0.25, 0.3) is 0 Å². The Balaban J connectivity index is 4.27. The minimum Gasteiger partial charge on any atom is -0.462 e. The van der Waals surface area contributed by atoms with Crippen molar-refractivity contribution in [2.75, 3.05) is 13.2 Å². The van der Waals surface area contributed by atoms with Gasteiger partial charge in [-0.3, -0.25) is 14.4 Å². The minimum atomic E-state index is -0.773. The molecule has 0 radical (unpaired) electrons. The summed E-state index contributed by atoms with van der Waals surface area (Å²) in [6.45, 7) is 6.65. The lowest BCUT2D eigenvalue weighted by atomic mass is 10.0. The fourth-order valence-electron chi connectivity index (χ4n) is 8.91. The highest BCUT2D eigenvalue weighted by molar-refractivity contribution is 5.71. The Morgan fingerprint density at radius 2 is 0.493 bits per heavy atom. The van der Waals surface area contributed by atoms with Crippen molar-refractivity contribution in [3.05, 3.63) is 24.3 Å². The second kappa shape index (κ2) is 56.5. The number of rotatable bonds is 55. The van der Waals surface area contributed by atoms with E-state index in [1.807, 2.05) is 0 Å². The van der Waals surface area contributed by atoms with E-state index in [0.717, 1.165) is 64.2 Å². The molecule has 0 fully saturated rings. The summed E-state index contributed by atoms with van der Waals surface area (Å²) < 4.78 is 16.9. The molecule has 67 heavy (non-hydrogen) atoms. The first-order chi connectivity index (χ1) is 33.0. The highest BCUT2D eigenvalue weighted by Gasteiger charge is 2.19. The van der Waals surface area contributed by atoms with Gasteiger partial charge >= 0.3 is 17.9 Å². The molecule has 6 heteroatoms. The minimum absolute atomic E-state index is 0.0711. The first kappa shape index (κ1) is 64.9. The van der Waals surface area contributed by atoms with Crippen molar-refractivity contribution in [1.82, 2.24) is 0 Å². The van der Waals surface area contributed by atoms with Gasteiger partial charge in [0.2, 0.25) is 0 Å². The standard InChI is InChI=1S/C61H114O6/c1-4-7-10-13-16-19-22-25-27-28-29-30-31-32-34-36-39-42-45-48-51-54-60(63)66-57-58(56-65-59(62)53-50-47-44-41-38-35-24-21-18-15-12-9-6-3)67-61(64)55-52-49-46-43-40-37-33-26-23-20-17-14-11-8-5-2/h20-21,23-24,58H,4-19,22,25-57H2,1-3H3/b23-20-,24-21-/t58-/m1/s1. The average Bonchev–Trinajstić information content (AvgIpc) is 3.33. The number of carbonyl (C=O) groups is 3. The van der Waals surface area contributed by atoms with E-state index in [9.17, 15) is 14.4 Å². The van der Waals surface area contributed by atoms with Crippen LogP contribution in [0.1, 0.15) is 329 Å². The van der Waals surface area contributed by atoms with E-state index in [1.165, 1.54) is 225 Å². The molecule has 1 atom stereocenters. The molecule has 0 saturated heterocycles. The summed E-state index contributed by atoms with van der Waals surface area (Å²) in [6, 6.07) is 0. The van der Waals surface area contributed by atoms with Crippen LogP contribution in [-0.4, -0.2) is 37.2 Å². The summed E-state index contributed by atoms with van der Waals surface area (Å²) in [5.74, 6) is -0.864. The van der Waals surface area contributed by atoms with Gasteiger partial charge in [0.25, 0.3) is 0 Å². The number of hydrogen-bond acceptors (Lipinski definition) is 6. The van der Waals surface area contributed by atoms with Crippen molar-refractivity contribution < 1.29 is 28.6 Å². The monoisotopic (exact) mass is 943 g/mol. The van der Waals surface area contributed by atoms with E-state index in [-0.39, 0.29) is 31.1 Å². The molecule has 0 spiro atoms. The van der Waals surface area contributed by atoms with Crippen LogP contribution in [0, 0.1) is 0 Å². The lowest BCUT2D eigenvalue weighted by Crippen LogP contribution is -2.30. The zero-order valence-electron chi connectivity index (χ0n) is 45.2. The molecule has 0 aromatic carbocycles. The molecule has 0 aliphatic rings. The third-order valence-electron chi connectivity index (χ3n) is 13.4. The zero-order chi connectivity index (χ0) is 48.6. The van der Waals surface area contributed by atoms with Crippen LogP contribution in [0.2, 0.25) is 0 Å². The molecule has 0 bridgehead atoms. The van der Waals surface area contributed by atoms with E-state index < -0.39 is 6.10 Å². The van der Waals surface area contributed by atoms with E-state index in [1.54, 1.807) is 0 Å². The van der Waals surface area contributed by atoms with Gasteiger partial charge in [0.15, 0.2) is 6.10 Å². The first-order valence-electron chi connectivity index (χ1n) is 29.8. The Kier molecular flexibility index (Phi) is 54.7. The second-order valence-corrected chi connectivity index (χ2v) is 20.3. The number of allylic oxidation sites excluding steroid dienone is 4. The maximum absolute atomic E-state index is 12.8. The highest BCUT2D eigenvalue weighted by atomic mass is 16.6. The molecule has 394 valence electrons. The van der Waals surface area contributed by atoms with Gasteiger partial charge in [0, 0.05) is 19.3 Å². The van der Waals surface area contributed by atoms with Crippen molar-refractivity contribution in [1.29, 1.82) is 0 Å². The SMILES string of the molecule is CCCCCC/C=C\CCCCCCCCCC(=O)O[C@H](COC(=O)CCCCCCC/C=C\CCCCCC)COC(=O)CCCCCCCCCCCCCCCCCCCCCCC. The average molecular weight is 944 g/mol. The third-order valence-corrected chi connectivity index (χ3v) is 13.4. The molecule has 0 N–H and O–H groups in total. The molecule has 0 aromatic rings. The molecule has 0 amide bonds. The van der Waals surface area contributed by atoms with Gasteiger partial charge in [-0.1, -0.05) is 263 Å². The Labute approximate surface area is 417 Å². The Bertz CT molecular complexity index is 1080. The van der Waals surface area contributed by atoms with E-state index in [2.05, 4.69) is 45.1 Å². The maximum atomic E-state index is 12.8. The summed E-state index contributed by atoms with van der Waals surface area (Å²) in [5, 5.41) is 0. The number of carbonyl (C=O) groups excluding carboxylic acids is 3. The lowest BCUT2D eigenvalue weighted by Gasteiger charge is -2.18. The van der Waals surface area contributed by atoms with Crippen LogP contribution in [0.3, 0.4) is 0 Å². The molecule has 0 saturated carbocycles. The summed E-state index contributed by atoms with van der Waals surface area (Å²) in [7, 11) is 0. The molecule has 0 unspecified atom stereocenters. The quantitative estimate of drug-likeness (QED) is 0.0262. The fourth-order valence-corrected chi connectivity index (χ4v) is 8.91. The van der Waals surface area contributed by atoms with Crippen molar-refractivity contribution >= 4 is 17.9 Å². The fraction of sp³-hybridized carbons (Fsp3) is 0.885. The first-order valence-corrected chi connectivity index (χ1v) is 29.8. The predicted molar refractivity (Wildman–Crippen MR) is 289 cm³/mol. The topological polar surface area (TPSA) is 78.9 Å². The Morgan fingerprint density at radius 1 is 0.284 bits per heavy atom. The molecule has 0 aromatic heterocycles. The Hall–Kier alpha value is -2.11. The van der Waals surface area contributed by atoms with E-state index in [0.29, 0.717) is 19.3 Å². The van der Waals surface area contributed by atoms with Crippen molar-refractivity contribution in [2.45, 2.75) is 335 Å². The van der Waals surface area contributed by atoms with Gasteiger partial charge in [-0.2, -0.15) is 0 Å². The van der Waals surface area contributed by atoms with Crippen LogP contribution in [0.15, 0.2) is 24.3 Å². The predicted octanol–water partition coefficient (Wildman–Crippen LogP) is 19.9. The number of esters is 3. The Morgan fingerprint density at radius 3 is 0.761 bits per heavy atom. The molecule has 0 heterocycles. The molecule has 0 rings (SSSR count). The normalized spacial score (nSPS) is 12.1. The summed E-state index contributed by atoms with van der Waals surface area (Å²) in [6.07, 6.45) is 66.0. The molecule has 0 aliphatic carbocycles. The van der Waals surface area contributed by atoms with Crippen molar-refractivity contribution in [3.8, 4) is 0 Å². The molecular formula is C61H114O6. The van der Waals surface area contributed by atoms with E-state index >= 15 is 0 Å². The highest BCUT2D eigenvalue weighted by Crippen LogP contribution is 2.17. The summed E-state index contributed by atoms with van der Waals surface area (Å²) >= 11 is 0. The smallest absolute Gasteiger partial charge is 0.306 e. The number of hydrogen-bond donors (Lipinski definition) is 0. The van der Waals surface area contributed by atoms with Crippen molar-refractivity contribution in [3.63, 3.8) is 0 Å². The summed E-state index contributed by atoms with van der Waals surface area (Å²) in [4.78, 5) is 38.1. The molecule has 6 nitrogen and oxygen atoms in total. The second-order valence-electron chi connectivity index (χ2n) is 20.3. The number of ether oxygens (including phenoxy) is 3. The number of unbranched alkanes of at least 4 members (excludes halogenated alkanes) is 40. The van der Waals surface area contributed by atoms with Gasteiger partial charge in [0.05, 0.1) is 0 Å². The van der Waals surface area contributed by atoms with Crippen LogP contribution in [-0.2, 0) is 28.6 Å². The maximum Gasteiger partial charge on any atom is 0.306 e. The van der Waals surface area contributed by atoms with Crippen molar-refractivity contribution in [2.24, 2.45) is 0 Å². The molecular weight excluding hydrogens is 829 g/mol.